The molecule has 1 atom stereocenters. The van der Waals surface area contributed by atoms with Gasteiger partial charge in [0.05, 0.1) is 25.3 Å². The van der Waals surface area contributed by atoms with Crippen LogP contribution in [0.2, 0.25) is 0 Å². The maximum atomic E-state index is 11.7. The molecule has 0 spiro atoms. The molecule has 2 aliphatic rings. The minimum absolute atomic E-state index is 0.0330. The maximum absolute atomic E-state index is 11.7. The lowest BCUT2D eigenvalue weighted by molar-refractivity contribution is -0.142. The smallest absolute Gasteiger partial charge is 0.307 e. The van der Waals surface area contributed by atoms with E-state index in [0.29, 0.717) is 12.1 Å². The van der Waals surface area contributed by atoms with Crippen molar-refractivity contribution < 1.29 is 19.1 Å². The van der Waals surface area contributed by atoms with Crippen molar-refractivity contribution in [2.45, 2.75) is 18.2 Å². The summed E-state index contributed by atoms with van der Waals surface area (Å²) < 4.78 is 4.45. The van der Waals surface area contributed by atoms with E-state index in [2.05, 4.69) is 10.1 Å². The van der Waals surface area contributed by atoms with Crippen LogP contribution in [0.4, 0.5) is 0 Å². The van der Waals surface area contributed by atoms with Crippen LogP contribution in [-0.4, -0.2) is 41.7 Å². The van der Waals surface area contributed by atoms with Gasteiger partial charge in [0.2, 0.25) is 5.91 Å². The number of carbonyl (C=O) groups is 3. The predicted octanol–water partition coefficient (Wildman–Crippen LogP) is -0.188. The van der Waals surface area contributed by atoms with Gasteiger partial charge in [-0.3, -0.25) is 19.3 Å². The van der Waals surface area contributed by atoms with Crippen molar-refractivity contribution in [2.75, 3.05) is 13.7 Å². The summed E-state index contributed by atoms with van der Waals surface area (Å²) in [6.07, 6.45) is 0.611. The molecule has 0 aromatic carbocycles. The van der Waals surface area contributed by atoms with E-state index in [4.69, 9.17) is 0 Å². The first-order valence-electron chi connectivity index (χ1n) is 5.16. The molecule has 0 radical (unpaired) electrons. The number of fused-ring (bicyclic) bond motifs is 1. The fraction of sp³-hybridized carbons (Fsp3) is 0.500. The number of thioether (sulfide) groups is 1. The van der Waals surface area contributed by atoms with E-state index in [-0.39, 0.29) is 36.1 Å². The Morgan fingerprint density at radius 3 is 3.06 bits per heavy atom. The molecular formula is C10H12N2O4S. The number of esters is 1. The minimum atomic E-state index is -0.377. The van der Waals surface area contributed by atoms with Gasteiger partial charge in [-0.15, -0.1) is 11.8 Å². The molecule has 2 aliphatic heterocycles. The Balaban J connectivity index is 1.81. The lowest BCUT2D eigenvalue weighted by atomic mass is 10.2. The number of hydrogen-bond donors (Lipinski definition) is 1. The maximum Gasteiger partial charge on any atom is 0.307 e. The second-order valence-corrected chi connectivity index (χ2v) is 4.70. The van der Waals surface area contributed by atoms with Gasteiger partial charge in [-0.2, -0.15) is 0 Å². The Bertz CT molecular complexity index is 407. The molecule has 7 heteroatoms. The third-order valence-corrected chi connectivity index (χ3v) is 3.63. The van der Waals surface area contributed by atoms with E-state index < -0.39 is 0 Å². The summed E-state index contributed by atoms with van der Waals surface area (Å²) >= 11 is 1.47. The molecule has 1 fully saturated rings. The number of nitrogens with zero attached hydrogens (tertiary/aromatic N) is 1. The van der Waals surface area contributed by atoms with Crippen molar-refractivity contribution in [1.29, 1.82) is 0 Å². The second kappa shape index (κ2) is 4.79. The summed E-state index contributed by atoms with van der Waals surface area (Å²) in [6, 6.07) is 0. The average molecular weight is 256 g/mol. The number of nitrogens with one attached hydrogen (secondary N) is 1. The molecule has 2 amide bonds. The molecule has 0 aliphatic carbocycles. The van der Waals surface area contributed by atoms with E-state index in [9.17, 15) is 14.4 Å². The minimum Gasteiger partial charge on any atom is -0.469 e. The molecular weight excluding hydrogens is 244 g/mol. The molecule has 92 valence electrons. The van der Waals surface area contributed by atoms with Crippen LogP contribution < -0.4 is 5.32 Å². The van der Waals surface area contributed by atoms with Crippen molar-refractivity contribution in [2.24, 2.45) is 0 Å². The van der Waals surface area contributed by atoms with Gasteiger partial charge in [-0.1, -0.05) is 0 Å². The van der Waals surface area contributed by atoms with Crippen LogP contribution in [0.25, 0.3) is 0 Å². The predicted molar refractivity (Wildman–Crippen MR) is 60.6 cm³/mol. The molecule has 0 saturated carbocycles. The molecule has 1 N–H and O–H groups in total. The van der Waals surface area contributed by atoms with Gasteiger partial charge < -0.3 is 10.1 Å². The van der Waals surface area contributed by atoms with E-state index in [1.807, 2.05) is 0 Å². The number of ether oxygens (including phenoxy) is 1. The van der Waals surface area contributed by atoms with Crippen LogP contribution in [0.5, 0.6) is 0 Å². The van der Waals surface area contributed by atoms with Crippen LogP contribution in [0.1, 0.15) is 12.8 Å². The number of rotatable bonds is 4. The molecule has 0 aromatic heterocycles. The summed E-state index contributed by atoms with van der Waals surface area (Å²) in [7, 11) is 1.30. The lowest BCUT2D eigenvalue weighted by Gasteiger charge is -2.34. The van der Waals surface area contributed by atoms with E-state index in [0.717, 1.165) is 0 Å². The van der Waals surface area contributed by atoms with Gasteiger partial charge in [0.15, 0.2) is 0 Å². The van der Waals surface area contributed by atoms with Crippen LogP contribution in [0, 0.1) is 0 Å². The molecule has 2 heterocycles. The number of amides is 2. The van der Waals surface area contributed by atoms with Gasteiger partial charge in [0.25, 0.3) is 5.91 Å². The Kier molecular flexibility index (Phi) is 3.37. The monoisotopic (exact) mass is 256 g/mol. The summed E-state index contributed by atoms with van der Waals surface area (Å²) in [6.45, 7) is 0.209. The fourth-order valence-electron chi connectivity index (χ4n) is 1.62. The Morgan fingerprint density at radius 1 is 1.65 bits per heavy atom. The molecule has 6 nitrogen and oxygen atoms in total. The lowest BCUT2D eigenvalue weighted by Crippen LogP contribution is -2.50. The van der Waals surface area contributed by atoms with Crippen LogP contribution in [-0.2, 0) is 19.1 Å². The highest BCUT2D eigenvalue weighted by Gasteiger charge is 2.44. The van der Waals surface area contributed by atoms with Crippen molar-refractivity contribution in [3.05, 3.63) is 11.1 Å². The summed E-state index contributed by atoms with van der Waals surface area (Å²) in [5.74, 6) is -0.732. The van der Waals surface area contributed by atoms with Crippen LogP contribution in [0.3, 0.4) is 0 Å². The second-order valence-electron chi connectivity index (χ2n) is 3.64. The number of hydrogen-bond acceptors (Lipinski definition) is 5. The third-order valence-electron chi connectivity index (χ3n) is 2.58. The molecule has 1 saturated heterocycles. The van der Waals surface area contributed by atoms with Gasteiger partial charge in [-0.05, 0) is 0 Å². The fourth-order valence-corrected chi connectivity index (χ4v) is 2.72. The number of β-lactam (4-membered cyclic amide) rings is 1. The van der Waals surface area contributed by atoms with E-state index >= 15 is 0 Å². The SMILES string of the molecule is COC(=O)CCNC(=O)C1=CS[C@H]2CC(=O)N12. The number of methoxy groups -OCH3 is 1. The third kappa shape index (κ3) is 2.28. The highest BCUT2D eigenvalue weighted by atomic mass is 32.2. The molecule has 0 unspecified atom stereocenters. The first-order valence-corrected chi connectivity index (χ1v) is 6.10. The van der Waals surface area contributed by atoms with Crippen molar-refractivity contribution in [3.63, 3.8) is 0 Å². The normalized spacial score (nSPS) is 21.5. The molecule has 2 rings (SSSR count). The largest absolute Gasteiger partial charge is 0.469 e. The van der Waals surface area contributed by atoms with E-state index in [1.54, 1.807) is 5.41 Å². The zero-order chi connectivity index (χ0) is 12.4. The zero-order valence-electron chi connectivity index (χ0n) is 9.26. The Hall–Kier alpha value is -1.50. The van der Waals surface area contributed by atoms with Crippen molar-refractivity contribution in [3.8, 4) is 0 Å². The first kappa shape index (κ1) is 12.0. The highest BCUT2D eigenvalue weighted by molar-refractivity contribution is 8.03. The molecule has 0 bridgehead atoms. The number of carbonyl (C=O) groups excluding carboxylic acids is 3. The topological polar surface area (TPSA) is 75.7 Å². The van der Waals surface area contributed by atoms with Gasteiger partial charge in [-0.25, -0.2) is 0 Å². The van der Waals surface area contributed by atoms with E-state index in [1.165, 1.54) is 23.8 Å². The van der Waals surface area contributed by atoms with Crippen LogP contribution in [0.15, 0.2) is 11.1 Å². The zero-order valence-corrected chi connectivity index (χ0v) is 10.1. The highest BCUT2D eigenvalue weighted by Crippen LogP contribution is 2.40. The van der Waals surface area contributed by atoms with Gasteiger partial charge >= 0.3 is 5.97 Å². The molecule has 0 aromatic rings. The Morgan fingerprint density at radius 2 is 2.41 bits per heavy atom. The van der Waals surface area contributed by atoms with Crippen LogP contribution >= 0.6 is 11.8 Å². The quantitative estimate of drug-likeness (QED) is 0.557. The summed E-state index contributed by atoms with van der Waals surface area (Å²) in [5, 5.41) is 4.35. The average Bonchev–Trinajstić information content (AvgIpc) is 2.65. The van der Waals surface area contributed by atoms with Crippen molar-refractivity contribution in [1.82, 2.24) is 10.2 Å². The Labute approximate surface area is 102 Å². The first-order chi connectivity index (χ1) is 8.13. The standard InChI is InChI=1S/C10H12N2O4S/c1-16-9(14)2-3-11-10(15)6-5-17-8-4-7(13)12(6)8/h5,8H,2-4H2,1H3,(H,11,15)/t8-/m0/s1. The summed E-state index contributed by atoms with van der Waals surface area (Å²) in [5.41, 5.74) is 0.376. The van der Waals surface area contributed by atoms with Gasteiger partial charge in [0, 0.05) is 12.0 Å². The van der Waals surface area contributed by atoms with Crippen molar-refractivity contribution >= 4 is 29.5 Å². The summed E-state index contributed by atoms with van der Waals surface area (Å²) in [4.78, 5) is 35.3. The van der Waals surface area contributed by atoms with Gasteiger partial charge in [0.1, 0.15) is 5.70 Å². The molecule has 17 heavy (non-hydrogen) atoms.